The Morgan fingerprint density at radius 1 is 0.935 bits per heavy atom. The van der Waals surface area contributed by atoms with E-state index in [4.69, 9.17) is 17.7 Å². The molecule has 0 spiro atoms. The molecule has 6 nitrogen and oxygen atoms in total. The number of carbonyl (C=O) groups excluding carboxylic acids is 1. The lowest BCUT2D eigenvalue weighted by Crippen LogP contribution is -2.80. The summed E-state index contributed by atoms with van der Waals surface area (Å²) in [5.41, 5.74) is -0.987. The van der Waals surface area contributed by atoms with Gasteiger partial charge in [-0.25, -0.2) is 0 Å². The summed E-state index contributed by atoms with van der Waals surface area (Å²) in [6, 6.07) is 0.567. The Labute approximate surface area is 199 Å². The smallest absolute Gasteiger partial charge is 0.243 e. The van der Waals surface area contributed by atoms with Crippen LogP contribution in [-0.2, 0) is 22.5 Å². The number of hydrogen-bond acceptors (Lipinski definition) is 5. The van der Waals surface area contributed by atoms with Crippen molar-refractivity contribution in [3.63, 3.8) is 0 Å². The Hall–Kier alpha value is 0.134. The molecule has 0 aromatic rings. The standard InChI is InChI=1S/C20H49NO5Si5/c1-14-16-31(12,13)20(25-29(8)9,26-30(10)11)19(23-27(4)5,24-28(6)7)17(3)21-18(22)15-2/h15,17,27-30H,2,14,16H2,1,3-13H3,(H,21,22). The van der Waals surface area contributed by atoms with Crippen LogP contribution < -0.4 is 5.32 Å². The van der Waals surface area contributed by atoms with E-state index in [-0.39, 0.29) is 5.91 Å². The molecule has 0 fully saturated rings. The van der Waals surface area contributed by atoms with E-state index in [1.165, 1.54) is 6.08 Å². The van der Waals surface area contributed by atoms with Crippen LogP contribution >= 0.6 is 0 Å². The van der Waals surface area contributed by atoms with Gasteiger partial charge in [-0.1, -0.05) is 39.1 Å². The van der Waals surface area contributed by atoms with E-state index in [1.54, 1.807) is 0 Å². The molecule has 0 saturated carbocycles. The predicted molar refractivity (Wildman–Crippen MR) is 146 cm³/mol. The minimum atomic E-state index is -2.26. The predicted octanol–water partition coefficient (Wildman–Crippen LogP) is 3.73. The van der Waals surface area contributed by atoms with Crippen LogP contribution in [0.1, 0.15) is 20.3 Å². The molecular formula is C20H49NO5Si5. The zero-order chi connectivity index (χ0) is 24.6. The summed E-state index contributed by atoms with van der Waals surface area (Å²) in [5, 5.41) is 3.08. The molecule has 0 heterocycles. The van der Waals surface area contributed by atoms with E-state index in [1.807, 2.05) is 6.92 Å². The van der Waals surface area contributed by atoms with Gasteiger partial charge in [0.25, 0.3) is 0 Å². The minimum absolute atomic E-state index is 0.243. The Bertz CT molecular complexity index is 552. The number of hydrogen-bond donors (Lipinski definition) is 1. The fourth-order valence-corrected chi connectivity index (χ4v) is 15.5. The maximum absolute atomic E-state index is 12.4. The van der Waals surface area contributed by atoms with Gasteiger partial charge in [0, 0.05) is 0 Å². The molecule has 1 amide bonds. The number of amides is 1. The highest BCUT2D eigenvalue weighted by atomic mass is 28.3. The Kier molecular flexibility index (Phi) is 13.2. The molecule has 1 unspecified atom stereocenters. The molecule has 0 saturated heterocycles. The lowest BCUT2D eigenvalue weighted by atomic mass is 10.1. The van der Waals surface area contributed by atoms with Crippen molar-refractivity contribution in [1.82, 2.24) is 5.32 Å². The molecule has 0 radical (unpaired) electrons. The molecular weight excluding hydrogens is 475 g/mol. The summed E-state index contributed by atoms with van der Waals surface area (Å²) in [6.07, 6.45) is 2.34. The SMILES string of the molecule is C=CC(=O)NC(C)C(O[SiH](C)C)(O[SiH](C)C)C(O[SiH](C)C)(O[SiH](C)C)[Si](C)(C)CCC. The van der Waals surface area contributed by atoms with Crippen LogP contribution in [0, 0.1) is 0 Å². The second-order valence-corrected chi connectivity index (χ2v) is 24.3. The van der Waals surface area contributed by atoms with Crippen LogP contribution in [0.5, 0.6) is 0 Å². The highest BCUT2D eigenvalue weighted by Crippen LogP contribution is 2.46. The second kappa shape index (κ2) is 13.1. The number of carbonyl (C=O) groups is 1. The molecule has 0 bridgehead atoms. The molecule has 0 rings (SSSR count). The van der Waals surface area contributed by atoms with E-state index in [0.717, 1.165) is 12.5 Å². The fourth-order valence-electron chi connectivity index (χ4n) is 4.18. The van der Waals surface area contributed by atoms with Gasteiger partial charge in [-0.2, -0.15) is 0 Å². The van der Waals surface area contributed by atoms with Gasteiger partial charge in [0.05, 0.1) is 6.04 Å². The van der Waals surface area contributed by atoms with Gasteiger partial charge in [-0.05, 0) is 65.4 Å². The van der Waals surface area contributed by atoms with Gasteiger partial charge >= 0.3 is 0 Å². The number of rotatable bonds is 15. The molecule has 11 heteroatoms. The molecule has 0 aromatic carbocycles. The minimum Gasteiger partial charge on any atom is -0.394 e. The van der Waals surface area contributed by atoms with Crippen molar-refractivity contribution in [3.05, 3.63) is 12.7 Å². The van der Waals surface area contributed by atoms with Crippen LogP contribution in [-0.4, -0.2) is 67.4 Å². The first-order valence-electron chi connectivity index (χ1n) is 11.7. The van der Waals surface area contributed by atoms with Crippen molar-refractivity contribution < 1.29 is 22.5 Å². The lowest BCUT2D eigenvalue weighted by molar-refractivity contribution is -0.288. The molecule has 1 atom stereocenters. The molecule has 0 aliphatic rings. The van der Waals surface area contributed by atoms with Gasteiger partial charge in [0.1, 0.15) is 8.07 Å². The molecule has 31 heavy (non-hydrogen) atoms. The van der Waals surface area contributed by atoms with Gasteiger partial charge < -0.3 is 23.0 Å². The number of nitrogens with one attached hydrogen (secondary N) is 1. The van der Waals surface area contributed by atoms with Crippen molar-refractivity contribution in [3.8, 4) is 0 Å². The van der Waals surface area contributed by atoms with Crippen LogP contribution in [0.2, 0.25) is 71.5 Å². The summed E-state index contributed by atoms with van der Waals surface area (Å²) < 4.78 is 27.8. The van der Waals surface area contributed by atoms with Crippen LogP contribution in [0.4, 0.5) is 0 Å². The van der Waals surface area contributed by atoms with E-state index in [2.05, 4.69) is 84.3 Å². The first kappa shape index (κ1) is 31.1. The van der Waals surface area contributed by atoms with Crippen molar-refractivity contribution in [2.75, 3.05) is 0 Å². The summed E-state index contributed by atoms with van der Waals surface area (Å²) in [6.45, 7) is 29.7. The summed E-state index contributed by atoms with van der Waals surface area (Å²) in [7, 11) is -8.69. The zero-order valence-corrected chi connectivity index (χ0v) is 27.7. The molecule has 184 valence electrons. The third-order valence-corrected chi connectivity index (χ3v) is 12.8. The quantitative estimate of drug-likeness (QED) is 0.201. The van der Waals surface area contributed by atoms with Crippen molar-refractivity contribution in [2.24, 2.45) is 0 Å². The van der Waals surface area contributed by atoms with Gasteiger partial charge in [-0.3, -0.25) is 4.79 Å². The largest absolute Gasteiger partial charge is 0.394 e. The van der Waals surface area contributed by atoms with Crippen LogP contribution in [0.15, 0.2) is 12.7 Å². The Morgan fingerprint density at radius 2 is 1.32 bits per heavy atom. The third kappa shape index (κ3) is 8.14. The second-order valence-electron chi connectivity index (χ2n) is 10.0. The average molecular weight is 524 g/mol. The van der Waals surface area contributed by atoms with E-state index in [9.17, 15) is 4.79 Å². The van der Waals surface area contributed by atoms with Crippen molar-refractivity contribution >= 4 is 50.1 Å². The van der Waals surface area contributed by atoms with Gasteiger partial charge in [-0.15, -0.1) is 0 Å². The van der Waals surface area contributed by atoms with E-state index in [0.29, 0.717) is 0 Å². The third-order valence-electron chi connectivity index (χ3n) is 4.96. The summed E-state index contributed by atoms with van der Waals surface area (Å²) in [4.78, 5) is 12.4. The highest BCUT2D eigenvalue weighted by molar-refractivity contribution is 6.81. The first-order chi connectivity index (χ1) is 14.1. The highest BCUT2D eigenvalue weighted by Gasteiger charge is 2.67. The molecule has 0 aliphatic heterocycles. The van der Waals surface area contributed by atoms with Gasteiger partial charge in [0.15, 0.2) is 41.6 Å². The summed E-state index contributed by atoms with van der Waals surface area (Å²) in [5.74, 6) is -1.42. The maximum Gasteiger partial charge on any atom is 0.243 e. The van der Waals surface area contributed by atoms with Crippen LogP contribution in [0.25, 0.3) is 0 Å². The first-order valence-corrected chi connectivity index (χ1v) is 26.1. The lowest BCUT2D eigenvalue weighted by Gasteiger charge is -2.60. The maximum atomic E-state index is 12.4. The van der Waals surface area contributed by atoms with E-state index >= 15 is 0 Å². The normalized spacial score (nSPS) is 14.6. The molecule has 1 N–H and O–H groups in total. The average Bonchev–Trinajstić information content (AvgIpc) is 2.58. The van der Waals surface area contributed by atoms with Crippen LogP contribution in [0.3, 0.4) is 0 Å². The monoisotopic (exact) mass is 523 g/mol. The van der Waals surface area contributed by atoms with Crippen molar-refractivity contribution in [2.45, 2.75) is 109 Å². The fraction of sp³-hybridized carbons (Fsp3) is 0.850. The summed E-state index contributed by atoms with van der Waals surface area (Å²) >= 11 is 0. The molecule has 0 aromatic heterocycles. The topological polar surface area (TPSA) is 66.0 Å². The zero-order valence-electron chi connectivity index (χ0n) is 22.1. The van der Waals surface area contributed by atoms with E-state index < -0.39 is 61.5 Å². The van der Waals surface area contributed by atoms with Gasteiger partial charge in [0.2, 0.25) is 11.7 Å². The molecule has 0 aliphatic carbocycles. The van der Waals surface area contributed by atoms with Crippen molar-refractivity contribution in [1.29, 1.82) is 0 Å². The Morgan fingerprint density at radius 3 is 1.61 bits per heavy atom. The Balaban J connectivity index is 7.31.